The summed E-state index contributed by atoms with van der Waals surface area (Å²) in [5, 5.41) is 3.10. The van der Waals surface area contributed by atoms with Gasteiger partial charge < -0.3 is 10.1 Å². The van der Waals surface area contributed by atoms with E-state index in [4.69, 9.17) is 16.3 Å². The van der Waals surface area contributed by atoms with Crippen LogP contribution in [0.5, 0.6) is 0 Å². The number of halogens is 1. The van der Waals surface area contributed by atoms with Crippen molar-refractivity contribution in [2.75, 3.05) is 6.61 Å². The first-order chi connectivity index (χ1) is 15.8. The molecule has 3 rings (SSSR count). The van der Waals surface area contributed by atoms with Crippen LogP contribution in [0.25, 0.3) is 0 Å². The lowest BCUT2D eigenvalue weighted by Crippen LogP contribution is -2.41. The van der Waals surface area contributed by atoms with E-state index in [1.54, 1.807) is 0 Å². The van der Waals surface area contributed by atoms with Crippen molar-refractivity contribution in [2.24, 2.45) is 0 Å². The average molecular weight is 487 g/mol. The highest BCUT2D eigenvalue weighted by molar-refractivity contribution is 7.89. The third kappa shape index (κ3) is 6.89. The van der Waals surface area contributed by atoms with Crippen molar-refractivity contribution in [1.82, 2.24) is 10.0 Å². The van der Waals surface area contributed by atoms with E-state index in [9.17, 15) is 18.0 Å². The summed E-state index contributed by atoms with van der Waals surface area (Å²) >= 11 is 5.84. The molecule has 172 valence electrons. The Hall–Kier alpha value is -3.20. The van der Waals surface area contributed by atoms with E-state index in [0.29, 0.717) is 0 Å². The topological polar surface area (TPSA) is 102 Å². The van der Waals surface area contributed by atoms with Crippen LogP contribution in [0.1, 0.15) is 24.1 Å². The lowest BCUT2D eigenvalue weighted by molar-refractivity contribution is -0.149. The molecular formula is C24H23ClN2O5S. The van der Waals surface area contributed by atoms with Crippen molar-refractivity contribution >= 4 is 33.5 Å². The fraction of sp³-hybridized carbons (Fsp3) is 0.167. The fourth-order valence-electron chi connectivity index (χ4n) is 3.10. The van der Waals surface area contributed by atoms with Crippen molar-refractivity contribution in [3.8, 4) is 0 Å². The minimum atomic E-state index is -3.99. The lowest BCUT2D eigenvalue weighted by atomic mass is 9.99. The van der Waals surface area contributed by atoms with Crippen LogP contribution < -0.4 is 10.0 Å². The van der Waals surface area contributed by atoms with Crippen molar-refractivity contribution in [3.05, 3.63) is 101 Å². The zero-order valence-electron chi connectivity index (χ0n) is 17.8. The second-order valence-electron chi connectivity index (χ2n) is 7.23. The van der Waals surface area contributed by atoms with Crippen molar-refractivity contribution in [3.63, 3.8) is 0 Å². The van der Waals surface area contributed by atoms with Gasteiger partial charge in [0.2, 0.25) is 10.0 Å². The van der Waals surface area contributed by atoms with E-state index in [1.165, 1.54) is 31.2 Å². The lowest BCUT2D eigenvalue weighted by Gasteiger charge is -2.20. The molecule has 0 aliphatic heterocycles. The van der Waals surface area contributed by atoms with Gasteiger partial charge in [0.25, 0.3) is 5.91 Å². The third-order valence-electron chi connectivity index (χ3n) is 4.71. The Morgan fingerprint density at radius 3 is 2.03 bits per heavy atom. The van der Waals surface area contributed by atoms with E-state index in [2.05, 4.69) is 10.0 Å². The Bertz CT molecular complexity index is 1160. The van der Waals surface area contributed by atoms with Crippen LogP contribution >= 0.6 is 11.6 Å². The maximum Gasteiger partial charge on any atom is 0.324 e. The van der Waals surface area contributed by atoms with Gasteiger partial charge in [-0.2, -0.15) is 4.72 Å². The van der Waals surface area contributed by atoms with Gasteiger partial charge in [0, 0.05) is 5.02 Å². The highest BCUT2D eigenvalue weighted by atomic mass is 35.5. The molecule has 0 aromatic heterocycles. The molecule has 2 N–H and O–H groups in total. The molecule has 9 heteroatoms. The molecule has 3 aromatic carbocycles. The molecule has 0 aliphatic rings. The zero-order valence-corrected chi connectivity index (χ0v) is 19.3. The molecule has 7 nitrogen and oxygen atoms in total. The minimum Gasteiger partial charge on any atom is -0.454 e. The van der Waals surface area contributed by atoms with Gasteiger partial charge >= 0.3 is 5.97 Å². The number of carbonyl (C=O) groups excluding carboxylic acids is 2. The van der Waals surface area contributed by atoms with Gasteiger partial charge in [-0.15, -0.1) is 0 Å². The zero-order chi connectivity index (χ0) is 23.8. The van der Waals surface area contributed by atoms with Crippen LogP contribution in [0, 0.1) is 0 Å². The van der Waals surface area contributed by atoms with Gasteiger partial charge in [-0.1, -0.05) is 78.3 Å². The number of esters is 1. The highest BCUT2D eigenvalue weighted by Crippen LogP contribution is 2.21. The smallest absolute Gasteiger partial charge is 0.324 e. The summed E-state index contributed by atoms with van der Waals surface area (Å²) in [6.45, 7) is 0.775. The van der Waals surface area contributed by atoms with Crippen molar-refractivity contribution in [1.29, 1.82) is 0 Å². The van der Waals surface area contributed by atoms with Crippen molar-refractivity contribution < 1.29 is 22.7 Å². The van der Waals surface area contributed by atoms with E-state index in [-0.39, 0.29) is 9.92 Å². The molecule has 33 heavy (non-hydrogen) atoms. The molecule has 0 bridgehead atoms. The predicted octanol–water partition coefficient (Wildman–Crippen LogP) is 3.46. The largest absolute Gasteiger partial charge is 0.454 e. The van der Waals surface area contributed by atoms with Gasteiger partial charge in [0.1, 0.15) is 6.04 Å². The number of rotatable bonds is 9. The molecule has 0 aliphatic carbocycles. The fourth-order valence-corrected chi connectivity index (χ4v) is 4.59. The molecular weight excluding hydrogens is 464 g/mol. The second-order valence-corrected chi connectivity index (χ2v) is 9.38. The molecule has 0 saturated heterocycles. The number of ether oxygens (including phenoxy) is 1. The molecule has 3 aromatic rings. The van der Waals surface area contributed by atoms with Gasteiger partial charge in [0.05, 0.1) is 10.9 Å². The van der Waals surface area contributed by atoms with E-state index >= 15 is 0 Å². The Kier molecular flexibility index (Phi) is 8.21. The molecule has 0 unspecified atom stereocenters. The third-order valence-corrected chi connectivity index (χ3v) is 6.48. The number of carbonyl (C=O) groups is 2. The van der Waals surface area contributed by atoms with Gasteiger partial charge in [-0.3, -0.25) is 9.59 Å². The Labute approximate surface area is 197 Å². The van der Waals surface area contributed by atoms with Crippen LogP contribution in [0.2, 0.25) is 5.02 Å². The Balaban J connectivity index is 1.60. The average Bonchev–Trinajstić information content (AvgIpc) is 2.82. The highest BCUT2D eigenvalue weighted by Gasteiger charge is 2.24. The summed E-state index contributed by atoms with van der Waals surface area (Å²) in [5.74, 6) is -1.40. The summed E-state index contributed by atoms with van der Waals surface area (Å²) < 4.78 is 32.1. The number of hydrogen-bond donors (Lipinski definition) is 2. The van der Waals surface area contributed by atoms with E-state index in [0.717, 1.165) is 11.1 Å². The maximum atomic E-state index is 12.5. The Morgan fingerprint density at radius 1 is 0.909 bits per heavy atom. The molecule has 1 atom stereocenters. The maximum absolute atomic E-state index is 12.5. The summed E-state index contributed by atoms with van der Waals surface area (Å²) in [6.07, 6.45) is 0. The van der Waals surface area contributed by atoms with Crippen molar-refractivity contribution in [2.45, 2.75) is 23.9 Å². The number of sulfonamides is 1. The summed E-state index contributed by atoms with van der Waals surface area (Å²) in [5.41, 5.74) is 1.73. The van der Waals surface area contributed by atoms with Crippen LogP contribution in [-0.4, -0.2) is 32.9 Å². The molecule has 0 heterocycles. The van der Waals surface area contributed by atoms with Gasteiger partial charge in [-0.05, 0) is 36.2 Å². The number of nitrogens with one attached hydrogen (secondary N) is 2. The molecule has 0 radical (unpaired) electrons. The van der Waals surface area contributed by atoms with Gasteiger partial charge in [-0.25, -0.2) is 8.42 Å². The molecule has 0 fully saturated rings. The van der Waals surface area contributed by atoms with Crippen LogP contribution in [0.3, 0.4) is 0 Å². The van der Waals surface area contributed by atoms with E-state index < -0.39 is 40.6 Å². The van der Waals surface area contributed by atoms with Gasteiger partial charge in [0.15, 0.2) is 6.61 Å². The molecule has 1 amide bonds. The van der Waals surface area contributed by atoms with Crippen LogP contribution in [-0.2, 0) is 24.3 Å². The standard InChI is InChI=1S/C24H23ClN2O5S/c1-17(27-33(30,31)21-14-8-13-20(25)15-21)24(29)32-16-22(28)26-23(18-9-4-2-5-10-18)19-11-6-3-7-12-19/h2-15,17,23,27H,16H2,1H3,(H,26,28)/t17-/m0/s1. The van der Waals surface area contributed by atoms with E-state index in [1.807, 2.05) is 60.7 Å². The first kappa shape index (κ1) is 24.4. The molecule has 0 spiro atoms. The summed E-state index contributed by atoms with van der Waals surface area (Å²) in [4.78, 5) is 24.7. The first-order valence-electron chi connectivity index (χ1n) is 10.1. The quantitative estimate of drug-likeness (QED) is 0.451. The second kappa shape index (κ2) is 11.1. The number of benzene rings is 3. The first-order valence-corrected chi connectivity index (χ1v) is 12.0. The monoisotopic (exact) mass is 486 g/mol. The van der Waals surface area contributed by atoms with Crippen LogP contribution in [0.15, 0.2) is 89.8 Å². The number of hydrogen-bond acceptors (Lipinski definition) is 5. The summed E-state index contributed by atoms with van der Waals surface area (Å²) in [6, 6.07) is 22.8. The number of amides is 1. The normalized spacial score (nSPS) is 12.2. The van der Waals surface area contributed by atoms with Crippen LogP contribution in [0.4, 0.5) is 0 Å². The Morgan fingerprint density at radius 2 is 1.48 bits per heavy atom. The molecule has 0 saturated carbocycles. The predicted molar refractivity (Wildman–Crippen MR) is 125 cm³/mol. The SMILES string of the molecule is C[C@H](NS(=O)(=O)c1cccc(Cl)c1)C(=O)OCC(=O)NC(c1ccccc1)c1ccccc1. The minimum absolute atomic E-state index is 0.0824. The summed E-state index contributed by atoms with van der Waals surface area (Å²) in [7, 11) is -3.99.